The predicted octanol–water partition coefficient (Wildman–Crippen LogP) is 2.18. The fraction of sp³-hybridized carbons (Fsp3) is 0.312. The van der Waals surface area contributed by atoms with E-state index < -0.39 is 0 Å². The van der Waals surface area contributed by atoms with E-state index in [1.165, 1.54) is 0 Å². The fourth-order valence-electron chi connectivity index (χ4n) is 2.17. The quantitative estimate of drug-likeness (QED) is 0.846. The third kappa shape index (κ3) is 3.11. The van der Waals surface area contributed by atoms with Gasteiger partial charge >= 0.3 is 0 Å². The number of nitrogens with one attached hydrogen (secondary N) is 1. The number of rotatable bonds is 5. The second-order valence-electron chi connectivity index (χ2n) is 5.04. The number of nitrogens with zero attached hydrogens (tertiary/aromatic N) is 3. The molecule has 0 radical (unpaired) electrons. The Morgan fingerprint density at radius 1 is 1.26 bits per heavy atom. The molecule has 2 heterocycles. The fourth-order valence-corrected chi connectivity index (χ4v) is 2.17. The maximum absolute atomic E-state index is 9.23. The van der Waals surface area contributed by atoms with Crippen molar-refractivity contribution in [1.29, 1.82) is 5.26 Å². The molecule has 23 heavy (non-hydrogen) atoms. The highest BCUT2D eigenvalue weighted by molar-refractivity contribution is 5.55. The van der Waals surface area contributed by atoms with Crippen LogP contribution < -0.4 is 19.5 Å². The Hall–Kier alpha value is -3.01. The van der Waals surface area contributed by atoms with Gasteiger partial charge in [-0.25, -0.2) is 0 Å². The first-order valence-corrected chi connectivity index (χ1v) is 7.19. The van der Waals surface area contributed by atoms with Gasteiger partial charge in [0, 0.05) is 6.07 Å². The Bertz CT molecular complexity index is 771. The minimum absolute atomic E-state index is 0.239. The molecule has 1 aromatic heterocycles. The predicted molar refractivity (Wildman–Crippen MR) is 82.8 cm³/mol. The maximum atomic E-state index is 9.23. The van der Waals surface area contributed by atoms with Crippen LogP contribution >= 0.6 is 0 Å². The van der Waals surface area contributed by atoms with Crippen LogP contribution in [0, 0.1) is 25.2 Å². The standard InChI is InChI=1S/C16H16N4O3/c1-10-11(2)19-20-16(13(10)8-17)18-5-6-21-12-3-4-14-15(7-12)23-9-22-14/h3-4,7H,5-6,9H2,1-2H3,(H,18,20). The van der Waals surface area contributed by atoms with Gasteiger partial charge in [0.25, 0.3) is 0 Å². The number of aryl methyl sites for hydroxylation is 1. The molecule has 1 aliphatic heterocycles. The summed E-state index contributed by atoms with van der Waals surface area (Å²) in [7, 11) is 0. The first-order chi connectivity index (χ1) is 11.2. The summed E-state index contributed by atoms with van der Waals surface area (Å²) in [6, 6.07) is 7.58. The van der Waals surface area contributed by atoms with E-state index in [9.17, 15) is 5.26 Å². The zero-order chi connectivity index (χ0) is 16.2. The highest BCUT2D eigenvalue weighted by Crippen LogP contribution is 2.35. The molecule has 7 heteroatoms. The van der Waals surface area contributed by atoms with Crippen LogP contribution in [-0.2, 0) is 0 Å². The molecule has 3 rings (SSSR count). The molecule has 1 N–H and O–H groups in total. The molecule has 0 atom stereocenters. The summed E-state index contributed by atoms with van der Waals surface area (Å²) in [5.74, 6) is 2.58. The Kier molecular flexibility index (Phi) is 4.15. The lowest BCUT2D eigenvalue weighted by molar-refractivity contribution is 0.174. The van der Waals surface area contributed by atoms with Crippen LogP contribution in [0.25, 0.3) is 0 Å². The molecule has 0 aliphatic carbocycles. The van der Waals surface area contributed by atoms with E-state index in [2.05, 4.69) is 21.6 Å². The van der Waals surface area contributed by atoms with Crippen molar-refractivity contribution in [2.24, 2.45) is 0 Å². The van der Waals surface area contributed by atoms with Gasteiger partial charge in [-0.1, -0.05) is 0 Å². The second-order valence-corrected chi connectivity index (χ2v) is 5.04. The molecule has 0 saturated heterocycles. The van der Waals surface area contributed by atoms with Gasteiger partial charge in [0.05, 0.1) is 12.2 Å². The van der Waals surface area contributed by atoms with Crippen LogP contribution in [0.15, 0.2) is 18.2 Å². The van der Waals surface area contributed by atoms with E-state index in [4.69, 9.17) is 14.2 Å². The summed E-state index contributed by atoms with van der Waals surface area (Å²) in [6.07, 6.45) is 0. The van der Waals surface area contributed by atoms with Gasteiger partial charge in [0.1, 0.15) is 24.0 Å². The van der Waals surface area contributed by atoms with Crippen molar-refractivity contribution >= 4 is 5.82 Å². The van der Waals surface area contributed by atoms with Gasteiger partial charge in [0.15, 0.2) is 17.3 Å². The molecule has 0 amide bonds. The van der Waals surface area contributed by atoms with Crippen molar-refractivity contribution in [2.45, 2.75) is 13.8 Å². The van der Waals surface area contributed by atoms with Gasteiger partial charge in [-0.2, -0.15) is 10.4 Å². The zero-order valence-corrected chi connectivity index (χ0v) is 12.9. The minimum Gasteiger partial charge on any atom is -0.492 e. The van der Waals surface area contributed by atoms with E-state index in [1.54, 1.807) is 6.07 Å². The Morgan fingerprint density at radius 2 is 2.09 bits per heavy atom. The Morgan fingerprint density at radius 3 is 2.91 bits per heavy atom. The van der Waals surface area contributed by atoms with Crippen LogP contribution in [0.1, 0.15) is 16.8 Å². The van der Waals surface area contributed by atoms with Crippen molar-refractivity contribution in [3.05, 3.63) is 35.0 Å². The third-order valence-electron chi connectivity index (χ3n) is 3.57. The molecule has 1 aliphatic rings. The van der Waals surface area contributed by atoms with E-state index >= 15 is 0 Å². The molecule has 0 fully saturated rings. The SMILES string of the molecule is Cc1nnc(NCCOc2ccc3c(c2)OCO3)c(C#N)c1C. The van der Waals surface area contributed by atoms with Crippen LogP contribution in [0.4, 0.5) is 5.82 Å². The van der Waals surface area contributed by atoms with Gasteiger partial charge in [-0.15, -0.1) is 5.10 Å². The van der Waals surface area contributed by atoms with Crippen LogP contribution in [0.2, 0.25) is 0 Å². The summed E-state index contributed by atoms with van der Waals surface area (Å²) < 4.78 is 16.2. The summed E-state index contributed by atoms with van der Waals surface area (Å²) in [6.45, 7) is 4.84. The molecule has 7 nitrogen and oxygen atoms in total. The lowest BCUT2D eigenvalue weighted by Crippen LogP contribution is -2.14. The lowest BCUT2D eigenvalue weighted by atomic mass is 10.1. The maximum Gasteiger partial charge on any atom is 0.231 e. The third-order valence-corrected chi connectivity index (χ3v) is 3.57. The van der Waals surface area contributed by atoms with E-state index in [0.29, 0.717) is 36.0 Å². The zero-order valence-electron chi connectivity index (χ0n) is 12.9. The van der Waals surface area contributed by atoms with Gasteiger partial charge < -0.3 is 19.5 Å². The average Bonchev–Trinajstić information content (AvgIpc) is 3.02. The average molecular weight is 312 g/mol. The van der Waals surface area contributed by atoms with Gasteiger partial charge in [-0.3, -0.25) is 0 Å². The van der Waals surface area contributed by atoms with Crippen LogP contribution in [0.3, 0.4) is 0 Å². The van der Waals surface area contributed by atoms with E-state index in [1.807, 2.05) is 26.0 Å². The number of aromatic nitrogens is 2. The highest BCUT2D eigenvalue weighted by atomic mass is 16.7. The largest absolute Gasteiger partial charge is 0.492 e. The highest BCUT2D eigenvalue weighted by Gasteiger charge is 2.14. The molecular weight excluding hydrogens is 296 g/mol. The number of fused-ring (bicyclic) bond motifs is 1. The molecule has 118 valence electrons. The topological polar surface area (TPSA) is 89.3 Å². The smallest absolute Gasteiger partial charge is 0.231 e. The molecule has 0 saturated carbocycles. The number of anilines is 1. The minimum atomic E-state index is 0.239. The number of hydrogen-bond donors (Lipinski definition) is 1. The van der Waals surface area contributed by atoms with Crippen molar-refractivity contribution in [2.75, 3.05) is 25.3 Å². The van der Waals surface area contributed by atoms with E-state index in [0.717, 1.165) is 17.0 Å². The lowest BCUT2D eigenvalue weighted by Gasteiger charge is -2.10. The second kappa shape index (κ2) is 6.40. The normalized spacial score (nSPS) is 11.9. The first-order valence-electron chi connectivity index (χ1n) is 7.19. The molecule has 0 bridgehead atoms. The summed E-state index contributed by atoms with van der Waals surface area (Å²) >= 11 is 0. The molecule has 0 spiro atoms. The summed E-state index contributed by atoms with van der Waals surface area (Å²) in [5.41, 5.74) is 2.10. The number of hydrogen-bond acceptors (Lipinski definition) is 7. The van der Waals surface area contributed by atoms with Crippen LogP contribution in [0.5, 0.6) is 17.2 Å². The first kappa shape index (κ1) is 14.9. The number of benzene rings is 1. The Labute approximate surface area is 133 Å². The van der Waals surface area contributed by atoms with Crippen molar-refractivity contribution in [3.63, 3.8) is 0 Å². The molecule has 2 aromatic rings. The van der Waals surface area contributed by atoms with Gasteiger partial charge in [0.2, 0.25) is 6.79 Å². The monoisotopic (exact) mass is 312 g/mol. The van der Waals surface area contributed by atoms with Gasteiger partial charge in [-0.05, 0) is 31.5 Å². The molecular formula is C16H16N4O3. The number of nitriles is 1. The summed E-state index contributed by atoms with van der Waals surface area (Å²) in [5, 5.41) is 20.4. The summed E-state index contributed by atoms with van der Waals surface area (Å²) in [4.78, 5) is 0. The van der Waals surface area contributed by atoms with Crippen LogP contribution in [-0.4, -0.2) is 30.1 Å². The van der Waals surface area contributed by atoms with E-state index in [-0.39, 0.29) is 6.79 Å². The molecule has 1 aromatic carbocycles. The Balaban J connectivity index is 1.56. The molecule has 0 unspecified atom stereocenters. The van der Waals surface area contributed by atoms with Crippen molar-refractivity contribution in [1.82, 2.24) is 10.2 Å². The number of ether oxygens (including phenoxy) is 3. The van der Waals surface area contributed by atoms with Crippen molar-refractivity contribution in [3.8, 4) is 23.3 Å². The van der Waals surface area contributed by atoms with Crippen molar-refractivity contribution < 1.29 is 14.2 Å².